The number of halogens is 4. The summed E-state index contributed by atoms with van der Waals surface area (Å²) in [6.45, 7) is 0. The van der Waals surface area contributed by atoms with Crippen molar-refractivity contribution in [1.29, 1.82) is 0 Å². The molecule has 0 radical (unpaired) electrons. The van der Waals surface area contributed by atoms with E-state index in [1.165, 1.54) is 6.07 Å². The van der Waals surface area contributed by atoms with Crippen LogP contribution in [0.3, 0.4) is 0 Å². The van der Waals surface area contributed by atoms with Gasteiger partial charge in [-0.05, 0) is 12.1 Å². The van der Waals surface area contributed by atoms with Gasteiger partial charge in [0.1, 0.15) is 11.4 Å². The van der Waals surface area contributed by atoms with Crippen LogP contribution >= 0.6 is 12.6 Å². The first-order chi connectivity index (χ1) is 7.46. The average Bonchev–Trinajstić information content (AvgIpc) is 2.16. The third kappa shape index (κ3) is 3.17. The van der Waals surface area contributed by atoms with Crippen LogP contribution in [0.25, 0.3) is 0 Å². The van der Waals surface area contributed by atoms with Gasteiger partial charge in [-0.25, -0.2) is 4.39 Å². The lowest BCUT2D eigenvalue weighted by molar-refractivity contribution is -0.140. The molecule has 0 aliphatic heterocycles. The Bertz CT molecular complexity index is 426. The molecule has 0 N–H and O–H groups in total. The first-order valence-corrected chi connectivity index (χ1v) is 5.05. The molecule has 0 aliphatic rings. The molecule has 86 valence electrons. The van der Waals surface area contributed by atoms with E-state index in [0.717, 1.165) is 12.1 Å². The number of hydrogen-bond donors (Lipinski definition) is 1. The van der Waals surface area contributed by atoms with Crippen LogP contribution < -0.4 is 0 Å². The highest BCUT2D eigenvalue weighted by Crippen LogP contribution is 2.33. The monoisotopic (exact) mass is 248 g/mol. The van der Waals surface area contributed by atoms with Crippen molar-refractivity contribution in [3.05, 3.63) is 35.1 Å². The zero-order chi connectivity index (χ0) is 12.2. The van der Waals surface area contributed by atoms with Crippen LogP contribution in [-0.4, -0.2) is 5.75 Å². The third-order valence-corrected chi connectivity index (χ3v) is 1.98. The quantitative estimate of drug-likeness (QED) is 0.439. The van der Waals surface area contributed by atoms with Crippen molar-refractivity contribution in [2.75, 3.05) is 5.75 Å². The van der Waals surface area contributed by atoms with Crippen molar-refractivity contribution in [3.63, 3.8) is 0 Å². The van der Waals surface area contributed by atoms with E-state index >= 15 is 0 Å². The molecule has 0 spiro atoms. The summed E-state index contributed by atoms with van der Waals surface area (Å²) in [5.41, 5.74) is -1.64. The summed E-state index contributed by atoms with van der Waals surface area (Å²) in [6, 6.07) is 3.12. The van der Waals surface area contributed by atoms with Gasteiger partial charge in [-0.1, -0.05) is 17.9 Å². The number of rotatable bonds is 1. The Balaban J connectivity index is 3.20. The lowest BCUT2D eigenvalue weighted by Gasteiger charge is -2.09. The summed E-state index contributed by atoms with van der Waals surface area (Å²) in [6.07, 6.45) is -4.37. The van der Waals surface area contributed by atoms with Gasteiger partial charge in [0.05, 0.1) is 0 Å². The van der Waals surface area contributed by atoms with Crippen molar-refractivity contribution in [2.45, 2.75) is 12.6 Å². The maximum Gasteiger partial charge on any atom is 0.420 e. The van der Waals surface area contributed by atoms with Gasteiger partial charge in [0.15, 0.2) is 0 Å². The predicted molar refractivity (Wildman–Crippen MR) is 56.8 cm³/mol. The fourth-order valence-electron chi connectivity index (χ4n) is 1.13. The van der Waals surface area contributed by atoms with Crippen LogP contribution in [0, 0.1) is 17.7 Å². The summed E-state index contributed by atoms with van der Waals surface area (Å²) >= 11 is 3.87. The van der Waals surface area contributed by atoms with Gasteiger partial charge in [-0.3, -0.25) is 0 Å². The van der Waals surface area contributed by atoms with E-state index in [2.05, 4.69) is 24.5 Å². The average molecular weight is 248 g/mol. The molecule has 0 aliphatic carbocycles. The second kappa shape index (κ2) is 5.26. The van der Waals surface area contributed by atoms with E-state index < -0.39 is 17.6 Å². The van der Waals surface area contributed by atoms with Crippen molar-refractivity contribution >= 4 is 12.6 Å². The molecule has 0 saturated carbocycles. The van der Waals surface area contributed by atoms with Gasteiger partial charge in [-0.15, -0.1) is 0 Å². The number of alkyl halides is 3. The zero-order valence-electron chi connectivity index (χ0n) is 8.11. The SMILES string of the molecule is Fc1cccc(C#CCCS)c1C(F)(F)F. The molecule has 0 bridgehead atoms. The summed E-state index contributed by atoms with van der Waals surface area (Å²) in [5, 5.41) is 0. The summed E-state index contributed by atoms with van der Waals surface area (Å²) < 4.78 is 50.5. The van der Waals surface area contributed by atoms with Crippen LogP contribution in [0.5, 0.6) is 0 Å². The standard InChI is InChI=1S/C11H8F4S/c12-9-6-3-5-8(4-1-2-7-16)10(9)11(13,14)15/h3,5-6,16H,2,7H2. The molecule has 0 saturated heterocycles. The highest BCUT2D eigenvalue weighted by molar-refractivity contribution is 7.80. The second-order valence-electron chi connectivity index (χ2n) is 2.94. The lowest BCUT2D eigenvalue weighted by atomic mass is 10.1. The van der Waals surface area contributed by atoms with Gasteiger partial charge < -0.3 is 0 Å². The molecule has 1 aromatic rings. The van der Waals surface area contributed by atoms with Crippen molar-refractivity contribution in [1.82, 2.24) is 0 Å². The van der Waals surface area contributed by atoms with Crippen LogP contribution in [0.4, 0.5) is 17.6 Å². The molecular formula is C11H8F4S. The molecule has 0 heterocycles. The highest BCUT2D eigenvalue weighted by Gasteiger charge is 2.36. The number of thiol groups is 1. The largest absolute Gasteiger partial charge is 0.420 e. The van der Waals surface area contributed by atoms with Crippen molar-refractivity contribution in [2.24, 2.45) is 0 Å². The minimum atomic E-state index is -4.73. The van der Waals surface area contributed by atoms with Crippen molar-refractivity contribution in [3.8, 4) is 11.8 Å². The van der Waals surface area contributed by atoms with Gasteiger partial charge in [-0.2, -0.15) is 25.8 Å². The zero-order valence-corrected chi connectivity index (χ0v) is 9.00. The summed E-state index contributed by atoms with van der Waals surface area (Å²) in [5.74, 6) is 3.95. The van der Waals surface area contributed by atoms with Gasteiger partial charge >= 0.3 is 6.18 Å². The molecule has 0 aromatic heterocycles. The molecule has 0 nitrogen and oxygen atoms in total. The fourth-order valence-corrected chi connectivity index (χ4v) is 1.24. The Hall–Kier alpha value is -1.15. The normalized spacial score (nSPS) is 10.8. The van der Waals surface area contributed by atoms with E-state index in [9.17, 15) is 17.6 Å². The van der Waals surface area contributed by atoms with Crippen LogP contribution in [0.15, 0.2) is 18.2 Å². The summed E-state index contributed by atoms with van der Waals surface area (Å²) in [7, 11) is 0. The van der Waals surface area contributed by atoms with Crippen molar-refractivity contribution < 1.29 is 17.6 Å². The molecule has 5 heteroatoms. The Morgan fingerprint density at radius 1 is 1.25 bits per heavy atom. The Morgan fingerprint density at radius 3 is 2.50 bits per heavy atom. The molecule has 0 amide bonds. The van der Waals surface area contributed by atoms with Crippen LogP contribution in [-0.2, 0) is 6.18 Å². The lowest BCUT2D eigenvalue weighted by Crippen LogP contribution is -2.10. The third-order valence-electron chi connectivity index (χ3n) is 1.76. The Morgan fingerprint density at radius 2 is 1.94 bits per heavy atom. The molecule has 1 aromatic carbocycles. The topological polar surface area (TPSA) is 0 Å². The Kier molecular flexibility index (Phi) is 4.25. The molecule has 1 rings (SSSR count). The Labute approximate surface area is 96.1 Å². The van der Waals surface area contributed by atoms with E-state index in [4.69, 9.17) is 0 Å². The maximum atomic E-state index is 13.1. The van der Waals surface area contributed by atoms with E-state index in [1.54, 1.807) is 0 Å². The van der Waals surface area contributed by atoms with Gasteiger partial charge in [0.2, 0.25) is 0 Å². The molecule has 16 heavy (non-hydrogen) atoms. The molecule has 0 atom stereocenters. The van der Waals surface area contributed by atoms with Crippen LogP contribution in [0.1, 0.15) is 17.5 Å². The number of hydrogen-bond acceptors (Lipinski definition) is 1. The number of benzene rings is 1. The highest BCUT2D eigenvalue weighted by atomic mass is 32.1. The molecule has 0 unspecified atom stereocenters. The minimum absolute atomic E-state index is 0.339. The van der Waals surface area contributed by atoms with E-state index in [1.807, 2.05) is 0 Å². The maximum absolute atomic E-state index is 13.1. The summed E-state index contributed by atoms with van der Waals surface area (Å²) in [4.78, 5) is 0. The minimum Gasteiger partial charge on any atom is -0.206 e. The predicted octanol–water partition coefficient (Wildman–Crippen LogP) is 3.52. The smallest absolute Gasteiger partial charge is 0.206 e. The second-order valence-corrected chi connectivity index (χ2v) is 3.38. The van der Waals surface area contributed by atoms with E-state index in [0.29, 0.717) is 12.2 Å². The van der Waals surface area contributed by atoms with E-state index in [-0.39, 0.29) is 5.56 Å². The fraction of sp³-hybridized carbons (Fsp3) is 0.273. The van der Waals surface area contributed by atoms with Crippen LogP contribution in [0.2, 0.25) is 0 Å². The molecular weight excluding hydrogens is 240 g/mol. The van der Waals surface area contributed by atoms with Gasteiger partial charge in [0.25, 0.3) is 0 Å². The first-order valence-electron chi connectivity index (χ1n) is 4.42. The molecule has 0 fully saturated rings. The van der Waals surface area contributed by atoms with Gasteiger partial charge in [0, 0.05) is 17.7 Å². The first kappa shape index (κ1) is 12.9.